The predicted molar refractivity (Wildman–Crippen MR) is 113 cm³/mol. The van der Waals surface area contributed by atoms with Crippen LogP contribution in [0.4, 0.5) is 10.9 Å². The van der Waals surface area contributed by atoms with E-state index in [1.165, 1.54) is 11.3 Å². The Bertz CT molecular complexity index is 1000. The number of aryl methyl sites for hydroxylation is 2. The van der Waals surface area contributed by atoms with Crippen LogP contribution in [-0.2, 0) is 9.59 Å². The topological polar surface area (TPSA) is 116 Å². The Morgan fingerprint density at radius 1 is 1.30 bits per heavy atom. The second-order valence-electron chi connectivity index (χ2n) is 7.72. The quantitative estimate of drug-likeness (QED) is 0.689. The van der Waals surface area contributed by atoms with E-state index >= 15 is 0 Å². The van der Waals surface area contributed by atoms with Crippen LogP contribution in [0.5, 0.6) is 0 Å². The molecular formula is C20H24N6O3S. The molecule has 2 aromatic heterocycles. The Balaban J connectivity index is 1.47. The molecule has 0 aliphatic carbocycles. The first-order valence-electron chi connectivity index (χ1n) is 9.88. The van der Waals surface area contributed by atoms with E-state index in [9.17, 15) is 14.4 Å². The summed E-state index contributed by atoms with van der Waals surface area (Å²) in [6.45, 7) is 5.88. The summed E-state index contributed by atoms with van der Waals surface area (Å²) in [7, 11) is 0. The van der Waals surface area contributed by atoms with Gasteiger partial charge in [0, 0.05) is 30.5 Å². The molecule has 2 atom stereocenters. The number of amides is 3. The number of aromatic nitrogens is 2. The number of pyridine rings is 1. The summed E-state index contributed by atoms with van der Waals surface area (Å²) >= 11 is 1.41. The van der Waals surface area contributed by atoms with Crippen molar-refractivity contribution in [3.63, 3.8) is 0 Å². The number of carbonyl (C=O) groups excluding carboxylic acids is 3. The molecular weight excluding hydrogens is 404 g/mol. The van der Waals surface area contributed by atoms with Crippen LogP contribution in [0.25, 0.3) is 0 Å². The van der Waals surface area contributed by atoms with Gasteiger partial charge in [0.1, 0.15) is 17.5 Å². The monoisotopic (exact) mass is 428 g/mol. The van der Waals surface area contributed by atoms with E-state index in [0.29, 0.717) is 35.9 Å². The fourth-order valence-electron chi connectivity index (χ4n) is 3.79. The lowest BCUT2D eigenvalue weighted by atomic mass is 9.97. The van der Waals surface area contributed by atoms with E-state index < -0.39 is 11.7 Å². The summed E-state index contributed by atoms with van der Waals surface area (Å²) in [5, 5.41) is 9.66. The minimum Gasteiger partial charge on any atom is -0.347 e. The molecule has 3 amide bonds. The van der Waals surface area contributed by atoms with E-state index in [4.69, 9.17) is 0 Å². The Morgan fingerprint density at radius 2 is 2.10 bits per heavy atom. The molecule has 2 aliphatic rings. The molecule has 2 aliphatic heterocycles. The van der Waals surface area contributed by atoms with Crippen molar-refractivity contribution >= 4 is 40.0 Å². The van der Waals surface area contributed by atoms with Crippen molar-refractivity contribution in [2.45, 2.75) is 51.7 Å². The molecule has 4 rings (SSSR count). The highest BCUT2D eigenvalue weighted by molar-refractivity contribution is 7.15. The van der Waals surface area contributed by atoms with Gasteiger partial charge < -0.3 is 20.9 Å². The fourth-order valence-corrected chi connectivity index (χ4v) is 4.61. The number of nitrogens with one attached hydrogen (secondary N) is 3. The average molecular weight is 429 g/mol. The number of carbonyl (C=O) groups is 3. The van der Waals surface area contributed by atoms with Crippen LogP contribution in [0, 0.1) is 13.8 Å². The second kappa shape index (κ2) is 7.67. The summed E-state index contributed by atoms with van der Waals surface area (Å²) in [5.41, 5.74) is 0.601. The maximum Gasteiger partial charge on any atom is 0.256 e. The van der Waals surface area contributed by atoms with Crippen molar-refractivity contribution in [3.8, 4) is 0 Å². The van der Waals surface area contributed by atoms with Crippen molar-refractivity contribution < 1.29 is 14.4 Å². The number of anilines is 2. The van der Waals surface area contributed by atoms with Crippen molar-refractivity contribution in [1.29, 1.82) is 0 Å². The van der Waals surface area contributed by atoms with Crippen molar-refractivity contribution in [2.75, 3.05) is 17.2 Å². The van der Waals surface area contributed by atoms with Crippen molar-refractivity contribution in [2.24, 2.45) is 0 Å². The number of fused-ring (bicyclic) bond motifs is 1. The maximum absolute atomic E-state index is 12.8. The summed E-state index contributed by atoms with van der Waals surface area (Å²) in [6.07, 6.45) is 2.72. The Hall–Kier alpha value is -3.01. The lowest BCUT2D eigenvalue weighted by molar-refractivity contribution is -0.137. The average Bonchev–Trinajstić information content (AvgIpc) is 2.94. The zero-order chi connectivity index (χ0) is 21.5. The molecule has 1 saturated heterocycles. The molecule has 9 nitrogen and oxygen atoms in total. The highest BCUT2D eigenvalue weighted by Crippen LogP contribution is 2.31. The van der Waals surface area contributed by atoms with Crippen LogP contribution in [-0.4, -0.2) is 50.8 Å². The molecule has 10 heteroatoms. The van der Waals surface area contributed by atoms with Gasteiger partial charge >= 0.3 is 0 Å². The summed E-state index contributed by atoms with van der Waals surface area (Å²) in [5.74, 6) is -0.0925. The van der Waals surface area contributed by atoms with Gasteiger partial charge in [0.25, 0.3) is 5.91 Å². The number of rotatable bonds is 3. The van der Waals surface area contributed by atoms with Gasteiger partial charge in [-0.15, -0.1) is 11.3 Å². The van der Waals surface area contributed by atoms with E-state index in [-0.39, 0.29) is 24.1 Å². The van der Waals surface area contributed by atoms with Crippen LogP contribution in [0.1, 0.15) is 47.1 Å². The normalized spacial score (nSPS) is 22.0. The van der Waals surface area contributed by atoms with Crippen LogP contribution in [0.15, 0.2) is 18.3 Å². The van der Waals surface area contributed by atoms with Gasteiger partial charge in [-0.25, -0.2) is 9.97 Å². The molecule has 1 fully saturated rings. The predicted octanol–water partition coefficient (Wildman–Crippen LogP) is 2.05. The second-order valence-corrected chi connectivity index (χ2v) is 8.93. The third kappa shape index (κ3) is 3.74. The highest BCUT2D eigenvalue weighted by atomic mass is 32.1. The minimum atomic E-state index is -0.761. The highest BCUT2D eigenvalue weighted by Gasteiger charge is 2.42. The van der Waals surface area contributed by atoms with Gasteiger partial charge in [0.05, 0.1) is 11.3 Å². The van der Waals surface area contributed by atoms with E-state index in [1.54, 1.807) is 30.2 Å². The van der Waals surface area contributed by atoms with Gasteiger partial charge in [-0.3, -0.25) is 14.4 Å². The van der Waals surface area contributed by atoms with Gasteiger partial charge in [-0.1, -0.05) is 0 Å². The van der Waals surface area contributed by atoms with Crippen LogP contribution >= 0.6 is 11.3 Å². The first kappa shape index (κ1) is 20.3. The van der Waals surface area contributed by atoms with Crippen LogP contribution < -0.4 is 16.0 Å². The van der Waals surface area contributed by atoms with E-state index in [2.05, 4.69) is 25.9 Å². The molecule has 4 heterocycles. The van der Waals surface area contributed by atoms with Crippen LogP contribution in [0.2, 0.25) is 0 Å². The third-order valence-electron chi connectivity index (χ3n) is 5.73. The zero-order valence-electron chi connectivity index (χ0n) is 17.1. The Kier molecular flexibility index (Phi) is 5.19. The molecule has 0 unspecified atom stereocenters. The number of hydrogen-bond acceptors (Lipinski definition) is 7. The number of nitrogens with zero attached hydrogens (tertiary/aromatic N) is 3. The molecule has 0 bridgehead atoms. The molecule has 0 saturated carbocycles. The Labute approximate surface area is 178 Å². The molecule has 0 aromatic carbocycles. The fraction of sp³-hybridized carbons (Fsp3) is 0.450. The lowest BCUT2D eigenvalue weighted by Gasteiger charge is -2.39. The zero-order valence-corrected chi connectivity index (χ0v) is 17.9. The summed E-state index contributed by atoms with van der Waals surface area (Å²) in [6, 6.07) is 2.77. The molecule has 158 valence electrons. The summed E-state index contributed by atoms with van der Waals surface area (Å²) < 4.78 is 0. The Morgan fingerprint density at radius 3 is 2.83 bits per heavy atom. The largest absolute Gasteiger partial charge is 0.347 e. The minimum absolute atomic E-state index is 0.121. The number of likely N-dealkylation sites (tertiary alicyclic amines) is 1. The SMILES string of the molecule is Cc1nc(NC(=O)[C@H](C)N2CC[C@@]3(CCC2=O)NC(=O)c2cccnc2N3)sc1C. The molecule has 1 spiro atoms. The first-order chi connectivity index (χ1) is 14.3. The van der Waals surface area contributed by atoms with Gasteiger partial charge in [0.2, 0.25) is 11.8 Å². The van der Waals surface area contributed by atoms with Gasteiger partial charge in [0.15, 0.2) is 5.13 Å². The first-order valence-corrected chi connectivity index (χ1v) is 10.7. The smallest absolute Gasteiger partial charge is 0.256 e. The van der Waals surface area contributed by atoms with Crippen LogP contribution in [0.3, 0.4) is 0 Å². The summed E-state index contributed by atoms with van der Waals surface area (Å²) in [4.78, 5) is 49.3. The van der Waals surface area contributed by atoms with E-state index in [1.807, 2.05) is 13.8 Å². The third-order valence-corrected chi connectivity index (χ3v) is 6.72. The van der Waals surface area contributed by atoms with Crippen molar-refractivity contribution in [1.82, 2.24) is 20.2 Å². The molecule has 2 aromatic rings. The van der Waals surface area contributed by atoms with Gasteiger partial charge in [-0.2, -0.15) is 0 Å². The molecule has 3 N–H and O–H groups in total. The maximum atomic E-state index is 12.8. The number of thiazole rings is 1. The molecule has 0 radical (unpaired) electrons. The van der Waals surface area contributed by atoms with Crippen molar-refractivity contribution in [3.05, 3.63) is 34.5 Å². The number of hydrogen-bond donors (Lipinski definition) is 3. The van der Waals surface area contributed by atoms with Gasteiger partial charge in [-0.05, 0) is 39.3 Å². The standard InChI is InChI=1S/C20H24N6O3S/c1-11-13(3)30-19(22-11)23-17(28)12(2)26-10-8-20(7-6-15(26)27)24-16-14(18(29)25-20)5-4-9-21-16/h4-5,9,12H,6-8,10H2,1-3H3,(H,21,24)(H,25,29)(H,22,23,28)/t12-,20+/m0/s1. The molecule has 30 heavy (non-hydrogen) atoms. The lowest BCUT2D eigenvalue weighted by Crippen LogP contribution is -2.58. The van der Waals surface area contributed by atoms with E-state index in [0.717, 1.165) is 10.6 Å².